The lowest BCUT2D eigenvalue weighted by Crippen LogP contribution is -2.11. The van der Waals surface area contributed by atoms with E-state index < -0.39 is 0 Å². The second kappa shape index (κ2) is 6.64. The standard InChI is InChI=1S/C18H13BrFNOS/c1-11-2-4-12(5-3-11)14-8-9-23-17(14)18(22)21-16-7-6-13(20)10-15(16)19/h2-10H,1H3,(H,21,22). The number of hydrogen-bond acceptors (Lipinski definition) is 2. The SMILES string of the molecule is Cc1ccc(-c2ccsc2C(=O)Nc2ccc(F)cc2Br)cc1. The van der Waals surface area contributed by atoms with E-state index in [1.54, 1.807) is 0 Å². The van der Waals surface area contributed by atoms with Crippen LogP contribution >= 0.6 is 27.3 Å². The molecule has 0 spiro atoms. The zero-order valence-corrected chi connectivity index (χ0v) is 14.7. The molecule has 2 nitrogen and oxygen atoms in total. The number of rotatable bonds is 3. The largest absolute Gasteiger partial charge is 0.320 e. The molecular weight excluding hydrogens is 377 g/mol. The molecule has 2 aromatic carbocycles. The van der Waals surface area contributed by atoms with E-state index in [4.69, 9.17) is 0 Å². The Morgan fingerprint density at radius 3 is 2.57 bits per heavy atom. The van der Waals surface area contributed by atoms with Gasteiger partial charge in [-0.2, -0.15) is 0 Å². The van der Waals surface area contributed by atoms with Crippen molar-refractivity contribution >= 4 is 38.9 Å². The summed E-state index contributed by atoms with van der Waals surface area (Å²) in [5.74, 6) is -0.561. The van der Waals surface area contributed by atoms with Crippen LogP contribution in [0.3, 0.4) is 0 Å². The topological polar surface area (TPSA) is 29.1 Å². The van der Waals surface area contributed by atoms with Crippen molar-refractivity contribution in [2.45, 2.75) is 6.92 Å². The number of hydrogen-bond donors (Lipinski definition) is 1. The lowest BCUT2D eigenvalue weighted by Gasteiger charge is -2.08. The highest BCUT2D eigenvalue weighted by atomic mass is 79.9. The molecule has 0 unspecified atom stereocenters. The second-order valence-electron chi connectivity index (χ2n) is 5.11. The van der Waals surface area contributed by atoms with Crippen molar-refractivity contribution in [3.8, 4) is 11.1 Å². The van der Waals surface area contributed by atoms with Crippen molar-refractivity contribution in [1.29, 1.82) is 0 Å². The normalized spacial score (nSPS) is 10.6. The van der Waals surface area contributed by atoms with Gasteiger partial charge in [0.2, 0.25) is 0 Å². The molecule has 3 aromatic rings. The monoisotopic (exact) mass is 389 g/mol. The minimum atomic E-state index is -0.355. The maximum absolute atomic E-state index is 13.1. The molecule has 0 saturated carbocycles. The number of thiophene rings is 1. The van der Waals surface area contributed by atoms with E-state index in [2.05, 4.69) is 21.2 Å². The van der Waals surface area contributed by atoms with Gasteiger partial charge in [0.05, 0.1) is 10.6 Å². The molecule has 0 bridgehead atoms. The Bertz CT molecular complexity index is 858. The van der Waals surface area contributed by atoms with Crippen LogP contribution in [-0.4, -0.2) is 5.91 Å². The average molecular weight is 390 g/mol. The molecule has 1 aromatic heterocycles. The predicted octanol–water partition coefficient (Wildman–Crippen LogP) is 5.88. The molecule has 0 atom stereocenters. The van der Waals surface area contributed by atoms with Crippen molar-refractivity contribution in [2.75, 3.05) is 5.32 Å². The third-order valence-corrected chi connectivity index (χ3v) is 4.98. The summed E-state index contributed by atoms with van der Waals surface area (Å²) < 4.78 is 13.6. The first-order valence-electron chi connectivity index (χ1n) is 6.95. The summed E-state index contributed by atoms with van der Waals surface area (Å²) in [5, 5.41) is 4.71. The lowest BCUT2D eigenvalue weighted by atomic mass is 10.0. The van der Waals surface area contributed by atoms with Crippen LogP contribution in [0.15, 0.2) is 58.4 Å². The number of carbonyl (C=O) groups excluding carboxylic acids is 1. The number of aryl methyl sites for hydroxylation is 1. The van der Waals surface area contributed by atoms with Gasteiger partial charge >= 0.3 is 0 Å². The summed E-state index contributed by atoms with van der Waals surface area (Å²) in [7, 11) is 0. The van der Waals surface area contributed by atoms with Crippen LogP contribution in [0.4, 0.5) is 10.1 Å². The minimum Gasteiger partial charge on any atom is -0.320 e. The quantitative estimate of drug-likeness (QED) is 0.595. The maximum atomic E-state index is 13.1. The molecule has 116 valence electrons. The highest BCUT2D eigenvalue weighted by Crippen LogP contribution is 2.30. The summed E-state index contributed by atoms with van der Waals surface area (Å²) in [6.07, 6.45) is 0. The molecule has 23 heavy (non-hydrogen) atoms. The third-order valence-electron chi connectivity index (χ3n) is 3.41. The predicted molar refractivity (Wildman–Crippen MR) is 96.5 cm³/mol. The highest BCUT2D eigenvalue weighted by Gasteiger charge is 2.16. The van der Waals surface area contributed by atoms with Gasteiger partial charge in [0.1, 0.15) is 5.82 Å². The van der Waals surface area contributed by atoms with Crippen molar-refractivity contribution in [2.24, 2.45) is 0 Å². The van der Waals surface area contributed by atoms with Gasteiger partial charge in [-0.05, 0) is 58.1 Å². The first-order valence-corrected chi connectivity index (χ1v) is 8.63. The Balaban J connectivity index is 1.89. The molecule has 1 N–H and O–H groups in total. The number of benzene rings is 2. The molecular formula is C18H13BrFNOS. The fraction of sp³-hybridized carbons (Fsp3) is 0.0556. The van der Waals surface area contributed by atoms with Gasteiger partial charge in [0.15, 0.2) is 0 Å². The molecule has 0 aliphatic heterocycles. The van der Waals surface area contributed by atoms with Gasteiger partial charge in [0, 0.05) is 10.0 Å². The van der Waals surface area contributed by atoms with Crippen molar-refractivity contribution in [3.05, 3.63) is 74.6 Å². The Morgan fingerprint density at radius 1 is 1.13 bits per heavy atom. The number of amides is 1. The molecule has 0 fully saturated rings. The number of nitrogens with one attached hydrogen (secondary N) is 1. The maximum Gasteiger partial charge on any atom is 0.266 e. The fourth-order valence-corrected chi connectivity index (χ4v) is 3.48. The Morgan fingerprint density at radius 2 is 1.87 bits per heavy atom. The summed E-state index contributed by atoms with van der Waals surface area (Å²) in [6.45, 7) is 2.02. The summed E-state index contributed by atoms with van der Waals surface area (Å²) in [5.41, 5.74) is 3.61. The van der Waals surface area contributed by atoms with Gasteiger partial charge < -0.3 is 5.32 Å². The zero-order valence-electron chi connectivity index (χ0n) is 12.3. The first kappa shape index (κ1) is 15.9. The Hall–Kier alpha value is -1.98. The van der Waals surface area contributed by atoms with Crippen LogP contribution in [-0.2, 0) is 0 Å². The smallest absolute Gasteiger partial charge is 0.266 e. The van der Waals surface area contributed by atoms with Crippen molar-refractivity contribution in [1.82, 2.24) is 0 Å². The van der Waals surface area contributed by atoms with E-state index in [0.717, 1.165) is 11.1 Å². The molecule has 3 rings (SSSR count). The number of halogens is 2. The van der Waals surface area contributed by atoms with Crippen LogP contribution < -0.4 is 5.32 Å². The van der Waals surface area contributed by atoms with Gasteiger partial charge in [-0.1, -0.05) is 29.8 Å². The van der Waals surface area contributed by atoms with Crippen LogP contribution in [0, 0.1) is 12.7 Å². The second-order valence-corrected chi connectivity index (χ2v) is 6.88. The minimum absolute atomic E-state index is 0.206. The van der Waals surface area contributed by atoms with Crippen molar-refractivity contribution in [3.63, 3.8) is 0 Å². The average Bonchev–Trinajstić information content (AvgIpc) is 3.00. The summed E-state index contributed by atoms with van der Waals surface area (Å²) >= 11 is 4.64. The number of anilines is 1. The van der Waals surface area contributed by atoms with Gasteiger partial charge in [0.25, 0.3) is 5.91 Å². The third kappa shape index (κ3) is 3.51. The Labute approximate surface area is 146 Å². The van der Waals surface area contributed by atoms with E-state index in [-0.39, 0.29) is 11.7 Å². The number of carbonyl (C=O) groups is 1. The van der Waals surface area contributed by atoms with Gasteiger partial charge in [-0.25, -0.2) is 4.39 Å². The van der Waals surface area contributed by atoms with E-state index in [1.807, 2.05) is 42.6 Å². The zero-order chi connectivity index (χ0) is 16.4. The first-order chi connectivity index (χ1) is 11.0. The fourth-order valence-electron chi connectivity index (χ4n) is 2.22. The van der Waals surface area contributed by atoms with Crippen LogP contribution in [0.2, 0.25) is 0 Å². The van der Waals surface area contributed by atoms with Crippen LogP contribution in [0.5, 0.6) is 0 Å². The summed E-state index contributed by atoms with van der Waals surface area (Å²) in [4.78, 5) is 13.2. The highest BCUT2D eigenvalue weighted by molar-refractivity contribution is 9.10. The van der Waals surface area contributed by atoms with Crippen LogP contribution in [0.1, 0.15) is 15.2 Å². The van der Waals surface area contributed by atoms with Gasteiger partial charge in [-0.3, -0.25) is 4.79 Å². The van der Waals surface area contributed by atoms with Crippen LogP contribution in [0.25, 0.3) is 11.1 Å². The van der Waals surface area contributed by atoms with Gasteiger partial charge in [-0.15, -0.1) is 11.3 Å². The van der Waals surface area contributed by atoms with E-state index in [1.165, 1.54) is 35.1 Å². The molecule has 5 heteroatoms. The molecule has 0 saturated heterocycles. The molecule has 0 radical (unpaired) electrons. The van der Waals surface area contributed by atoms with E-state index in [9.17, 15) is 9.18 Å². The lowest BCUT2D eigenvalue weighted by molar-refractivity contribution is 0.103. The molecule has 1 amide bonds. The molecule has 0 aliphatic rings. The molecule has 0 aliphatic carbocycles. The van der Waals surface area contributed by atoms with E-state index in [0.29, 0.717) is 15.0 Å². The summed E-state index contributed by atoms with van der Waals surface area (Å²) in [6, 6.07) is 14.2. The Kier molecular flexibility index (Phi) is 4.59. The van der Waals surface area contributed by atoms with Crippen molar-refractivity contribution < 1.29 is 9.18 Å². The van der Waals surface area contributed by atoms with E-state index >= 15 is 0 Å². The molecule has 1 heterocycles.